The number of carbonyl (C=O) groups is 1. The quantitative estimate of drug-likeness (QED) is 0.889. The van der Waals surface area contributed by atoms with Crippen LogP contribution in [-0.2, 0) is 4.79 Å². The minimum absolute atomic E-state index is 0. The molecule has 1 aromatic rings. The summed E-state index contributed by atoms with van der Waals surface area (Å²) in [5, 5.41) is 3.83. The molecule has 0 fully saturated rings. The lowest BCUT2D eigenvalue weighted by atomic mass is 10.0. The zero-order valence-electron chi connectivity index (χ0n) is 11.1. The van der Waals surface area contributed by atoms with Gasteiger partial charge in [-0.2, -0.15) is 0 Å². The summed E-state index contributed by atoms with van der Waals surface area (Å²) in [6.45, 7) is 5.70. The van der Waals surface area contributed by atoms with Crippen molar-refractivity contribution in [1.82, 2.24) is 5.32 Å². The Kier molecular flexibility index (Phi) is 7.75. The van der Waals surface area contributed by atoms with E-state index >= 15 is 0 Å². The van der Waals surface area contributed by atoms with Gasteiger partial charge in [-0.05, 0) is 30.5 Å². The van der Waals surface area contributed by atoms with Gasteiger partial charge in [-0.15, -0.1) is 12.4 Å². The highest BCUT2D eigenvalue weighted by molar-refractivity contribution is 6.42. The van der Waals surface area contributed by atoms with Crippen molar-refractivity contribution in [1.29, 1.82) is 0 Å². The third-order valence-electron chi connectivity index (χ3n) is 2.82. The van der Waals surface area contributed by atoms with Crippen LogP contribution in [0.2, 0.25) is 10.0 Å². The summed E-state index contributed by atoms with van der Waals surface area (Å²) < 4.78 is 0. The lowest BCUT2D eigenvalue weighted by molar-refractivity contribution is -0.123. The summed E-state index contributed by atoms with van der Waals surface area (Å²) in [5.41, 5.74) is 6.68. The third-order valence-corrected chi connectivity index (χ3v) is 3.56. The lowest BCUT2D eigenvalue weighted by Gasteiger charge is -2.20. The van der Waals surface area contributed by atoms with Crippen LogP contribution in [0.3, 0.4) is 0 Å². The Balaban J connectivity index is 0.00000324. The first-order valence-electron chi connectivity index (χ1n) is 5.83. The van der Waals surface area contributed by atoms with Crippen LogP contribution in [0.5, 0.6) is 0 Å². The summed E-state index contributed by atoms with van der Waals surface area (Å²) in [6, 6.07) is 4.63. The van der Waals surface area contributed by atoms with Gasteiger partial charge in [0, 0.05) is 0 Å². The van der Waals surface area contributed by atoms with Gasteiger partial charge >= 0.3 is 0 Å². The first-order valence-corrected chi connectivity index (χ1v) is 6.59. The van der Waals surface area contributed by atoms with E-state index in [0.29, 0.717) is 10.0 Å². The molecule has 0 radical (unpaired) electrons. The first-order chi connectivity index (χ1) is 8.32. The number of nitrogens with one attached hydrogen (secondary N) is 1. The molecule has 0 saturated heterocycles. The number of rotatable bonds is 4. The normalized spacial score (nSPS) is 13.6. The van der Waals surface area contributed by atoms with Gasteiger partial charge in [0.25, 0.3) is 0 Å². The van der Waals surface area contributed by atoms with Crippen LogP contribution in [0.25, 0.3) is 0 Å². The van der Waals surface area contributed by atoms with Crippen molar-refractivity contribution in [2.24, 2.45) is 11.7 Å². The lowest BCUT2D eigenvalue weighted by Crippen LogP contribution is -2.44. The molecule has 1 amide bonds. The van der Waals surface area contributed by atoms with Crippen molar-refractivity contribution in [3.8, 4) is 0 Å². The van der Waals surface area contributed by atoms with E-state index in [0.717, 1.165) is 5.56 Å². The summed E-state index contributed by atoms with van der Waals surface area (Å²) in [6.07, 6.45) is 0. The maximum atomic E-state index is 11.8. The molecule has 0 bridgehead atoms. The van der Waals surface area contributed by atoms with Gasteiger partial charge in [-0.3, -0.25) is 4.79 Å². The average Bonchev–Trinajstić information content (AvgIpc) is 2.31. The van der Waals surface area contributed by atoms with E-state index in [-0.39, 0.29) is 30.3 Å². The zero-order chi connectivity index (χ0) is 13.9. The van der Waals surface area contributed by atoms with Gasteiger partial charge in [0.1, 0.15) is 0 Å². The standard InChI is InChI=1S/C13H18Cl2N2O.ClH/c1-7(2)12(16)13(18)17-8(3)9-4-5-10(14)11(15)6-9;/h4-8,12H,16H2,1-3H3,(H,17,18);1H/t8?,12-;/m1./s1. The van der Waals surface area contributed by atoms with Crippen molar-refractivity contribution >= 4 is 41.5 Å². The van der Waals surface area contributed by atoms with Gasteiger partial charge in [-0.25, -0.2) is 0 Å². The molecule has 0 aliphatic heterocycles. The molecule has 0 aliphatic carbocycles. The molecule has 0 aliphatic rings. The predicted octanol–water partition coefficient (Wildman–Crippen LogP) is 3.58. The second kappa shape index (κ2) is 7.95. The smallest absolute Gasteiger partial charge is 0.237 e. The number of carbonyl (C=O) groups excluding carboxylic acids is 1. The number of nitrogens with two attached hydrogens (primary N) is 1. The maximum Gasteiger partial charge on any atom is 0.237 e. The van der Waals surface area contributed by atoms with Crippen molar-refractivity contribution < 1.29 is 4.79 Å². The van der Waals surface area contributed by atoms with Crippen molar-refractivity contribution in [2.75, 3.05) is 0 Å². The second-order valence-corrected chi connectivity index (χ2v) is 5.49. The SMILES string of the molecule is CC(NC(=O)[C@H](N)C(C)C)c1ccc(Cl)c(Cl)c1.Cl. The number of halogens is 3. The van der Waals surface area contributed by atoms with E-state index in [1.165, 1.54) is 0 Å². The van der Waals surface area contributed by atoms with Crippen molar-refractivity contribution in [2.45, 2.75) is 32.9 Å². The number of hydrogen-bond acceptors (Lipinski definition) is 2. The van der Waals surface area contributed by atoms with Crippen molar-refractivity contribution in [3.05, 3.63) is 33.8 Å². The van der Waals surface area contributed by atoms with E-state index in [2.05, 4.69) is 5.32 Å². The Labute approximate surface area is 130 Å². The molecule has 0 heterocycles. The Morgan fingerprint density at radius 2 is 1.79 bits per heavy atom. The molecule has 1 rings (SSSR count). The van der Waals surface area contributed by atoms with E-state index in [1.807, 2.05) is 26.8 Å². The Hall–Kier alpha value is -0.480. The highest BCUT2D eigenvalue weighted by Gasteiger charge is 2.19. The fourth-order valence-corrected chi connectivity index (χ4v) is 1.78. The summed E-state index contributed by atoms with van der Waals surface area (Å²) in [4.78, 5) is 11.8. The topological polar surface area (TPSA) is 55.1 Å². The molecule has 3 N–H and O–H groups in total. The fraction of sp³-hybridized carbons (Fsp3) is 0.462. The molecule has 0 spiro atoms. The number of amides is 1. The fourth-order valence-electron chi connectivity index (χ4n) is 1.48. The molecular formula is C13H19Cl3N2O. The molecule has 0 saturated carbocycles. The molecule has 3 nitrogen and oxygen atoms in total. The molecule has 2 atom stereocenters. The summed E-state index contributed by atoms with van der Waals surface area (Å²) >= 11 is 11.8. The van der Waals surface area contributed by atoms with E-state index in [1.54, 1.807) is 12.1 Å². The Bertz CT molecular complexity index is 438. The Morgan fingerprint density at radius 3 is 2.26 bits per heavy atom. The third kappa shape index (κ3) is 5.19. The summed E-state index contributed by atoms with van der Waals surface area (Å²) in [7, 11) is 0. The molecule has 19 heavy (non-hydrogen) atoms. The Morgan fingerprint density at radius 1 is 1.21 bits per heavy atom. The minimum Gasteiger partial charge on any atom is -0.348 e. The van der Waals surface area contributed by atoms with Gasteiger partial charge in [0.05, 0.1) is 22.1 Å². The van der Waals surface area contributed by atoms with Gasteiger partial charge in [-0.1, -0.05) is 43.1 Å². The van der Waals surface area contributed by atoms with Crippen LogP contribution in [0.4, 0.5) is 0 Å². The van der Waals surface area contributed by atoms with Crippen LogP contribution in [0.1, 0.15) is 32.4 Å². The number of benzene rings is 1. The van der Waals surface area contributed by atoms with Gasteiger partial charge in [0.2, 0.25) is 5.91 Å². The van der Waals surface area contributed by atoms with Crippen LogP contribution in [0, 0.1) is 5.92 Å². The van der Waals surface area contributed by atoms with Crippen LogP contribution in [-0.4, -0.2) is 11.9 Å². The molecule has 1 aromatic carbocycles. The highest BCUT2D eigenvalue weighted by Crippen LogP contribution is 2.25. The molecule has 6 heteroatoms. The predicted molar refractivity (Wildman–Crippen MR) is 83.1 cm³/mol. The molecular weight excluding hydrogens is 307 g/mol. The first kappa shape index (κ1) is 18.5. The van der Waals surface area contributed by atoms with E-state index in [9.17, 15) is 4.79 Å². The largest absolute Gasteiger partial charge is 0.348 e. The highest BCUT2D eigenvalue weighted by atomic mass is 35.5. The molecule has 1 unspecified atom stereocenters. The zero-order valence-corrected chi connectivity index (χ0v) is 13.4. The van der Waals surface area contributed by atoms with Crippen LogP contribution in [0.15, 0.2) is 18.2 Å². The van der Waals surface area contributed by atoms with E-state index < -0.39 is 6.04 Å². The average molecular weight is 326 g/mol. The minimum atomic E-state index is -0.504. The van der Waals surface area contributed by atoms with Crippen LogP contribution >= 0.6 is 35.6 Å². The molecule has 108 valence electrons. The maximum absolute atomic E-state index is 11.8. The van der Waals surface area contributed by atoms with Gasteiger partial charge < -0.3 is 11.1 Å². The second-order valence-electron chi connectivity index (χ2n) is 4.67. The molecule has 0 aromatic heterocycles. The van der Waals surface area contributed by atoms with Gasteiger partial charge in [0.15, 0.2) is 0 Å². The van der Waals surface area contributed by atoms with Crippen molar-refractivity contribution in [3.63, 3.8) is 0 Å². The van der Waals surface area contributed by atoms with Crippen LogP contribution < -0.4 is 11.1 Å². The van der Waals surface area contributed by atoms with E-state index in [4.69, 9.17) is 28.9 Å². The summed E-state index contributed by atoms with van der Waals surface area (Å²) in [5.74, 6) is -0.0606. The monoisotopic (exact) mass is 324 g/mol. The number of hydrogen-bond donors (Lipinski definition) is 2.